The van der Waals surface area contributed by atoms with E-state index in [1.165, 1.54) is 35.2 Å². The standard InChI is InChI=1S/C17H28O10/c1-9(18)23-8-11-12-13(14(24-10(2)19)15(20-5)25-11)27-17(4,22-7)16(3,21-6)26-12/h11-15H,8H2,1-7H3/t11-,12-,13?,14+,15+,16+,17+/m1/s1. The van der Waals surface area contributed by atoms with E-state index in [0.29, 0.717) is 0 Å². The van der Waals surface area contributed by atoms with Gasteiger partial charge >= 0.3 is 11.9 Å². The smallest absolute Gasteiger partial charge is 0.303 e. The van der Waals surface area contributed by atoms with Crippen molar-refractivity contribution < 1.29 is 47.5 Å². The van der Waals surface area contributed by atoms with Gasteiger partial charge in [0, 0.05) is 35.2 Å². The molecule has 2 heterocycles. The van der Waals surface area contributed by atoms with E-state index < -0.39 is 54.2 Å². The topological polar surface area (TPSA) is 108 Å². The van der Waals surface area contributed by atoms with Crippen LogP contribution in [-0.4, -0.2) is 82.2 Å². The van der Waals surface area contributed by atoms with Crippen LogP contribution >= 0.6 is 0 Å². The average molecular weight is 392 g/mol. The second-order valence-electron chi connectivity index (χ2n) is 6.62. The van der Waals surface area contributed by atoms with Crippen molar-refractivity contribution in [3.8, 4) is 0 Å². The van der Waals surface area contributed by atoms with Crippen molar-refractivity contribution >= 4 is 11.9 Å². The summed E-state index contributed by atoms with van der Waals surface area (Å²) < 4.78 is 44.9. The van der Waals surface area contributed by atoms with E-state index in [1.54, 1.807) is 13.8 Å². The molecule has 2 aliphatic heterocycles. The Morgan fingerprint density at radius 2 is 1.48 bits per heavy atom. The maximum atomic E-state index is 11.6. The molecule has 7 atom stereocenters. The fourth-order valence-electron chi connectivity index (χ4n) is 3.20. The molecule has 27 heavy (non-hydrogen) atoms. The number of fused-ring (bicyclic) bond motifs is 1. The van der Waals surface area contributed by atoms with Gasteiger partial charge in [-0.1, -0.05) is 0 Å². The Labute approximate surface area is 158 Å². The lowest BCUT2D eigenvalue weighted by molar-refractivity contribution is -0.478. The van der Waals surface area contributed by atoms with E-state index in [0.717, 1.165) is 0 Å². The Hall–Kier alpha value is -1.30. The minimum absolute atomic E-state index is 0.101. The van der Waals surface area contributed by atoms with Crippen LogP contribution in [0.5, 0.6) is 0 Å². The zero-order valence-corrected chi connectivity index (χ0v) is 16.7. The SMILES string of the molecule is CO[C@H]1O[C@H](COC(C)=O)[C@H]2O[C@](C)(OC)[C@@](C)(OC)OC2[C@@H]1OC(C)=O. The Morgan fingerprint density at radius 3 is 1.93 bits per heavy atom. The first-order valence-corrected chi connectivity index (χ1v) is 8.55. The molecule has 0 amide bonds. The molecule has 0 aromatic rings. The summed E-state index contributed by atoms with van der Waals surface area (Å²) in [5, 5.41) is 0. The summed E-state index contributed by atoms with van der Waals surface area (Å²) in [6, 6.07) is 0. The first-order chi connectivity index (χ1) is 12.6. The summed E-state index contributed by atoms with van der Waals surface area (Å²) in [4.78, 5) is 22.8. The van der Waals surface area contributed by atoms with Crippen LogP contribution in [0.2, 0.25) is 0 Å². The molecule has 1 unspecified atom stereocenters. The van der Waals surface area contributed by atoms with Gasteiger partial charge in [-0.2, -0.15) is 0 Å². The van der Waals surface area contributed by atoms with Gasteiger partial charge in [0.25, 0.3) is 0 Å². The highest BCUT2D eigenvalue weighted by Crippen LogP contribution is 2.44. The molecule has 0 aromatic heterocycles. The minimum atomic E-state index is -1.32. The van der Waals surface area contributed by atoms with E-state index in [-0.39, 0.29) is 6.61 Å². The Kier molecular flexibility index (Phi) is 6.82. The molecule has 0 N–H and O–H groups in total. The highest BCUT2D eigenvalue weighted by Gasteiger charge is 2.63. The summed E-state index contributed by atoms with van der Waals surface area (Å²) in [6.07, 6.45) is -4.23. The lowest BCUT2D eigenvalue weighted by Gasteiger charge is -2.56. The van der Waals surface area contributed by atoms with E-state index in [2.05, 4.69) is 0 Å². The maximum Gasteiger partial charge on any atom is 0.303 e. The Balaban J connectivity index is 2.40. The van der Waals surface area contributed by atoms with Crippen molar-refractivity contribution in [1.82, 2.24) is 0 Å². The Morgan fingerprint density at radius 1 is 0.926 bits per heavy atom. The van der Waals surface area contributed by atoms with Crippen LogP contribution < -0.4 is 0 Å². The first-order valence-electron chi connectivity index (χ1n) is 8.55. The molecule has 0 saturated carbocycles. The molecule has 10 nitrogen and oxygen atoms in total. The minimum Gasteiger partial charge on any atom is -0.463 e. The third-order valence-electron chi connectivity index (χ3n) is 4.90. The molecular formula is C17H28O10. The molecule has 2 fully saturated rings. The number of carbonyl (C=O) groups excluding carboxylic acids is 2. The van der Waals surface area contributed by atoms with Gasteiger partial charge in [-0.05, 0) is 13.8 Å². The predicted octanol–water partition coefficient (Wildman–Crippen LogP) is 0.362. The number of carbonyl (C=O) groups is 2. The maximum absolute atomic E-state index is 11.6. The van der Waals surface area contributed by atoms with E-state index >= 15 is 0 Å². The van der Waals surface area contributed by atoms with Gasteiger partial charge in [0.2, 0.25) is 11.6 Å². The van der Waals surface area contributed by atoms with E-state index in [9.17, 15) is 9.59 Å². The second-order valence-corrected chi connectivity index (χ2v) is 6.62. The third kappa shape index (κ3) is 4.25. The summed E-state index contributed by atoms with van der Waals surface area (Å²) in [5.74, 6) is -3.63. The number of hydrogen-bond acceptors (Lipinski definition) is 10. The van der Waals surface area contributed by atoms with Gasteiger partial charge in [0.05, 0.1) is 0 Å². The molecule has 156 valence electrons. The van der Waals surface area contributed by atoms with Gasteiger partial charge in [0.1, 0.15) is 24.9 Å². The Bertz CT molecular complexity index is 554. The van der Waals surface area contributed by atoms with Gasteiger partial charge in [-0.25, -0.2) is 0 Å². The van der Waals surface area contributed by atoms with Gasteiger partial charge in [-0.3, -0.25) is 9.59 Å². The molecule has 2 rings (SSSR count). The largest absolute Gasteiger partial charge is 0.463 e. The fraction of sp³-hybridized carbons (Fsp3) is 0.882. The second kappa shape index (κ2) is 8.38. The van der Waals surface area contributed by atoms with Crippen LogP contribution in [-0.2, 0) is 47.5 Å². The molecule has 0 bridgehead atoms. The molecule has 10 heteroatoms. The molecule has 0 aliphatic carbocycles. The zero-order chi connectivity index (χ0) is 20.4. The first kappa shape index (κ1) is 22.0. The molecule has 0 aromatic carbocycles. The van der Waals surface area contributed by atoms with E-state index in [1.807, 2.05) is 0 Å². The van der Waals surface area contributed by atoms with Crippen LogP contribution in [0.4, 0.5) is 0 Å². The number of methoxy groups -OCH3 is 3. The number of rotatable bonds is 6. The number of hydrogen-bond donors (Lipinski definition) is 0. The molecule has 2 saturated heterocycles. The van der Waals surface area contributed by atoms with Crippen LogP contribution in [0.3, 0.4) is 0 Å². The van der Waals surface area contributed by atoms with Crippen molar-refractivity contribution in [2.45, 2.75) is 70.0 Å². The van der Waals surface area contributed by atoms with Crippen molar-refractivity contribution in [1.29, 1.82) is 0 Å². The summed E-state index contributed by atoms with van der Waals surface area (Å²) in [5.41, 5.74) is 0. The molecule has 0 spiro atoms. The van der Waals surface area contributed by atoms with Crippen molar-refractivity contribution in [2.75, 3.05) is 27.9 Å². The summed E-state index contributed by atoms with van der Waals surface area (Å²) >= 11 is 0. The highest BCUT2D eigenvalue weighted by atomic mass is 16.8. The van der Waals surface area contributed by atoms with Crippen LogP contribution in [0, 0.1) is 0 Å². The number of esters is 2. The van der Waals surface area contributed by atoms with Gasteiger partial charge < -0.3 is 37.9 Å². The van der Waals surface area contributed by atoms with E-state index in [4.69, 9.17) is 37.9 Å². The van der Waals surface area contributed by atoms with Crippen LogP contribution in [0.1, 0.15) is 27.7 Å². The molecule has 0 radical (unpaired) electrons. The molecular weight excluding hydrogens is 364 g/mol. The summed E-state index contributed by atoms with van der Waals surface area (Å²) in [7, 11) is 4.31. The highest BCUT2D eigenvalue weighted by molar-refractivity contribution is 5.66. The quantitative estimate of drug-likeness (QED) is 0.588. The normalized spacial score (nSPS) is 41.5. The van der Waals surface area contributed by atoms with Gasteiger partial charge in [-0.15, -0.1) is 0 Å². The van der Waals surface area contributed by atoms with Crippen molar-refractivity contribution in [3.63, 3.8) is 0 Å². The monoisotopic (exact) mass is 392 g/mol. The fourth-order valence-corrected chi connectivity index (χ4v) is 3.20. The third-order valence-corrected chi connectivity index (χ3v) is 4.90. The zero-order valence-electron chi connectivity index (χ0n) is 16.7. The van der Waals surface area contributed by atoms with Crippen LogP contribution in [0.15, 0.2) is 0 Å². The predicted molar refractivity (Wildman–Crippen MR) is 88.4 cm³/mol. The van der Waals surface area contributed by atoms with Crippen LogP contribution in [0.25, 0.3) is 0 Å². The van der Waals surface area contributed by atoms with Gasteiger partial charge in [0.15, 0.2) is 12.4 Å². The van der Waals surface area contributed by atoms with Crippen molar-refractivity contribution in [3.05, 3.63) is 0 Å². The van der Waals surface area contributed by atoms with Crippen molar-refractivity contribution in [2.24, 2.45) is 0 Å². The summed E-state index contributed by atoms with van der Waals surface area (Å²) in [6.45, 7) is 5.76. The average Bonchev–Trinajstić information content (AvgIpc) is 2.61. The number of ether oxygens (including phenoxy) is 8. The molecule has 2 aliphatic rings. The lowest BCUT2D eigenvalue weighted by atomic mass is 9.94. The lowest BCUT2D eigenvalue weighted by Crippen LogP contribution is -2.73.